The number of ether oxygens (including phenoxy) is 1. The molecular weight excluding hydrogens is 332 g/mol. The molecule has 1 atom stereocenters. The zero-order chi connectivity index (χ0) is 19.1. The van der Waals surface area contributed by atoms with Crippen LogP contribution in [0.3, 0.4) is 0 Å². The van der Waals surface area contributed by atoms with E-state index in [1.54, 1.807) is 36.4 Å². The summed E-state index contributed by atoms with van der Waals surface area (Å²) in [5.74, 6) is 1.77. The van der Waals surface area contributed by atoms with E-state index in [0.717, 1.165) is 0 Å². The number of carboxylic acids is 1. The largest absolute Gasteiger partial charge is 0.481 e. The van der Waals surface area contributed by atoms with Crippen LogP contribution in [0.4, 0.5) is 0 Å². The van der Waals surface area contributed by atoms with E-state index in [4.69, 9.17) is 15.6 Å². The number of furan rings is 1. The summed E-state index contributed by atoms with van der Waals surface area (Å²) in [6.07, 6.45) is 5.82. The average Bonchev–Trinajstić information content (AvgIpc) is 3.05. The molecule has 1 heterocycles. The smallest absolute Gasteiger partial charge is 0.338 e. The normalized spacial score (nSPS) is 11.8. The lowest BCUT2D eigenvalue weighted by atomic mass is 9.94. The Kier molecular flexibility index (Phi) is 6.62. The van der Waals surface area contributed by atoms with Gasteiger partial charge in [0.1, 0.15) is 11.5 Å². The Morgan fingerprint density at radius 1 is 1.15 bits per heavy atom. The summed E-state index contributed by atoms with van der Waals surface area (Å²) in [6, 6.07) is 9.92. The van der Waals surface area contributed by atoms with Gasteiger partial charge in [0.15, 0.2) is 0 Å². The number of benzene rings is 1. The minimum absolute atomic E-state index is 0.205. The molecule has 5 nitrogen and oxygen atoms in total. The Labute approximate surface area is 153 Å². The SMILES string of the molecule is C#CCc1ccc(CC(C(=O)O)c2ccc(C(=O)OCC(C)C)cc2)o1. The Morgan fingerprint density at radius 3 is 2.38 bits per heavy atom. The number of terminal acetylenes is 1. The molecule has 0 amide bonds. The van der Waals surface area contributed by atoms with Crippen LogP contribution < -0.4 is 0 Å². The minimum Gasteiger partial charge on any atom is -0.481 e. The predicted octanol–water partition coefficient (Wildman–Crippen LogP) is 3.68. The van der Waals surface area contributed by atoms with E-state index in [1.807, 2.05) is 13.8 Å². The fourth-order valence-electron chi connectivity index (χ4n) is 2.45. The number of hydrogen-bond acceptors (Lipinski definition) is 4. The Bertz CT molecular complexity index is 793. The highest BCUT2D eigenvalue weighted by Gasteiger charge is 2.22. The number of esters is 1. The molecule has 2 rings (SSSR count). The molecule has 0 spiro atoms. The molecule has 0 bridgehead atoms. The van der Waals surface area contributed by atoms with Crippen LogP contribution in [0.1, 0.15) is 47.2 Å². The quantitative estimate of drug-likeness (QED) is 0.578. The van der Waals surface area contributed by atoms with Gasteiger partial charge >= 0.3 is 11.9 Å². The predicted molar refractivity (Wildman–Crippen MR) is 96.9 cm³/mol. The van der Waals surface area contributed by atoms with Crippen molar-refractivity contribution in [3.05, 3.63) is 59.0 Å². The highest BCUT2D eigenvalue weighted by atomic mass is 16.5. The zero-order valence-corrected chi connectivity index (χ0v) is 14.9. The third kappa shape index (κ3) is 5.25. The van der Waals surface area contributed by atoms with Crippen LogP contribution in [0.25, 0.3) is 0 Å². The van der Waals surface area contributed by atoms with Gasteiger partial charge in [-0.2, -0.15) is 0 Å². The second-order valence-corrected chi connectivity index (χ2v) is 6.46. The van der Waals surface area contributed by atoms with E-state index in [9.17, 15) is 14.7 Å². The first-order chi connectivity index (χ1) is 12.4. The van der Waals surface area contributed by atoms with E-state index < -0.39 is 17.9 Å². The van der Waals surface area contributed by atoms with Crippen LogP contribution in [0.5, 0.6) is 0 Å². The van der Waals surface area contributed by atoms with Gasteiger partial charge in [-0.05, 0) is 35.7 Å². The summed E-state index contributed by atoms with van der Waals surface area (Å²) in [5.41, 5.74) is 0.987. The lowest BCUT2D eigenvalue weighted by Gasteiger charge is -2.12. The molecule has 26 heavy (non-hydrogen) atoms. The number of rotatable bonds is 8. The molecule has 2 aromatic rings. The molecule has 1 aromatic carbocycles. The molecule has 0 aliphatic carbocycles. The standard InChI is InChI=1S/C21H22O5/c1-4-5-17-10-11-18(26-17)12-19(20(22)23)15-6-8-16(9-7-15)21(24)25-13-14(2)3/h1,6-11,14,19H,5,12-13H2,2-3H3,(H,22,23). The number of carbonyl (C=O) groups excluding carboxylic acids is 1. The molecule has 0 radical (unpaired) electrons. The van der Waals surface area contributed by atoms with Crippen molar-refractivity contribution >= 4 is 11.9 Å². The monoisotopic (exact) mass is 354 g/mol. The molecule has 0 aliphatic heterocycles. The van der Waals surface area contributed by atoms with E-state index in [-0.39, 0.29) is 12.3 Å². The Balaban J connectivity index is 2.10. The van der Waals surface area contributed by atoms with Gasteiger partial charge in [0.2, 0.25) is 0 Å². The summed E-state index contributed by atoms with van der Waals surface area (Å²) in [7, 11) is 0. The van der Waals surface area contributed by atoms with Crippen molar-refractivity contribution in [2.24, 2.45) is 5.92 Å². The van der Waals surface area contributed by atoms with Crippen molar-refractivity contribution in [1.29, 1.82) is 0 Å². The first-order valence-corrected chi connectivity index (χ1v) is 8.41. The number of carboxylic acid groups (broad SMARTS) is 1. The van der Waals surface area contributed by atoms with Gasteiger partial charge < -0.3 is 14.3 Å². The molecular formula is C21H22O5. The highest BCUT2D eigenvalue weighted by molar-refractivity contribution is 5.89. The molecule has 1 unspecified atom stereocenters. The molecule has 0 saturated carbocycles. The topological polar surface area (TPSA) is 76.7 Å². The molecule has 1 aromatic heterocycles. The molecule has 1 N–H and O–H groups in total. The maximum absolute atomic E-state index is 11.9. The summed E-state index contributed by atoms with van der Waals surface area (Å²) in [4.78, 5) is 23.6. The maximum Gasteiger partial charge on any atom is 0.338 e. The van der Waals surface area contributed by atoms with Crippen molar-refractivity contribution in [3.8, 4) is 12.3 Å². The summed E-state index contributed by atoms with van der Waals surface area (Å²) < 4.78 is 10.7. The van der Waals surface area contributed by atoms with Crippen LogP contribution in [-0.2, 0) is 22.4 Å². The third-order valence-corrected chi connectivity index (χ3v) is 3.79. The van der Waals surface area contributed by atoms with Crippen LogP contribution in [0.2, 0.25) is 0 Å². The molecule has 136 valence electrons. The van der Waals surface area contributed by atoms with Crippen LogP contribution in [0.15, 0.2) is 40.8 Å². The summed E-state index contributed by atoms with van der Waals surface area (Å²) in [5, 5.41) is 9.56. The van der Waals surface area contributed by atoms with E-state index in [0.29, 0.717) is 35.7 Å². The van der Waals surface area contributed by atoms with Crippen LogP contribution >= 0.6 is 0 Å². The van der Waals surface area contributed by atoms with E-state index in [2.05, 4.69) is 5.92 Å². The fourth-order valence-corrected chi connectivity index (χ4v) is 2.45. The number of aliphatic carboxylic acids is 1. The lowest BCUT2D eigenvalue weighted by Crippen LogP contribution is -2.15. The zero-order valence-electron chi connectivity index (χ0n) is 14.9. The highest BCUT2D eigenvalue weighted by Crippen LogP contribution is 2.23. The third-order valence-electron chi connectivity index (χ3n) is 3.79. The summed E-state index contributed by atoms with van der Waals surface area (Å²) in [6.45, 7) is 4.26. The summed E-state index contributed by atoms with van der Waals surface area (Å²) >= 11 is 0. The van der Waals surface area contributed by atoms with Gasteiger partial charge in [0.05, 0.1) is 24.5 Å². The van der Waals surface area contributed by atoms with Gasteiger partial charge in [-0.25, -0.2) is 4.79 Å². The molecule has 0 fully saturated rings. The first-order valence-electron chi connectivity index (χ1n) is 8.41. The minimum atomic E-state index is -0.963. The number of carbonyl (C=O) groups is 2. The maximum atomic E-state index is 11.9. The Hall–Kier alpha value is -3.00. The van der Waals surface area contributed by atoms with Gasteiger partial charge in [-0.3, -0.25) is 4.79 Å². The lowest BCUT2D eigenvalue weighted by molar-refractivity contribution is -0.138. The van der Waals surface area contributed by atoms with Gasteiger partial charge in [-0.1, -0.05) is 31.9 Å². The number of hydrogen-bond donors (Lipinski definition) is 1. The van der Waals surface area contributed by atoms with Crippen molar-refractivity contribution in [2.45, 2.75) is 32.6 Å². The van der Waals surface area contributed by atoms with Crippen molar-refractivity contribution in [3.63, 3.8) is 0 Å². The Morgan fingerprint density at radius 2 is 1.81 bits per heavy atom. The second kappa shape index (κ2) is 8.91. The molecule has 5 heteroatoms. The van der Waals surface area contributed by atoms with Gasteiger partial charge in [0, 0.05) is 6.42 Å². The van der Waals surface area contributed by atoms with Crippen molar-refractivity contribution in [2.75, 3.05) is 6.61 Å². The fraction of sp³-hybridized carbons (Fsp3) is 0.333. The first kappa shape index (κ1) is 19.3. The van der Waals surface area contributed by atoms with Crippen LogP contribution in [0, 0.1) is 18.3 Å². The van der Waals surface area contributed by atoms with E-state index >= 15 is 0 Å². The second-order valence-electron chi connectivity index (χ2n) is 6.46. The average molecular weight is 354 g/mol. The molecule has 0 saturated heterocycles. The van der Waals surface area contributed by atoms with Gasteiger partial charge in [0.25, 0.3) is 0 Å². The van der Waals surface area contributed by atoms with Gasteiger partial charge in [-0.15, -0.1) is 6.42 Å². The van der Waals surface area contributed by atoms with Crippen molar-refractivity contribution < 1.29 is 23.8 Å². The van der Waals surface area contributed by atoms with E-state index in [1.165, 1.54) is 0 Å². The van der Waals surface area contributed by atoms with Crippen LogP contribution in [-0.4, -0.2) is 23.7 Å². The molecule has 0 aliphatic rings. The van der Waals surface area contributed by atoms with Crippen molar-refractivity contribution in [1.82, 2.24) is 0 Å².